The van der Waals surface area contributed by atoms with Crippen LogP contribution in [0.15, 0.2) is 16.5 Å². The molecular formula is C10H18N2O. The Morgan fingerprint density at radius 2 is 2.15 bits per heavy atom. The minimum atomic E-state index is -0.0211. The van der Waals surface area contributed by atoms with E-state index >= 15 is 0 Å². The predicted molar refractivity (Wildman–Crippen MR) is 53.2 cm³/mol. The van der Waals surface area contributed by atoms with E-state index in [9.17, 15) is 0 Å². The Morgan fingerprint density at radius 3 is 2.62 bits per heavy atom. The molecule has 0 spiro atoms. The van der Waals surface area contributed by atoms with Crippen molar-refractivity contribution in [2.24, 2.45) is 17.4 Å². The monoisotopic (exact) mass is 182 g/mol. The Labute approximate surface area is 79.1 Å². The summed E-state index contributed by atoms with van der Waals surface area (Å²) in [6.45, 7) is 4.69. The molecule has 1 heterocycles. The second kappa shape index (κ2) is 4.44. The maximum atomic E-state index is 5.94. The van der Waals surface area contributed by atoms with Gasteiger partial charge in [-0.25, -0.2) is 0 Å². The third-order valence-corrected chi connectivity index (χ3v) is 2.19. The summed E-state index contributed by atoms with van der Waals surface area (Å²) in [7, 11) is 0. The lowest BCUT2D eigenvalue weighted by atomic mass is 10.0. The summed E-state index contributed by atoms with van der Waals surface area (Å²) < 4.78 is 5.42. The van der Waals surface area contributed by atoms with E-state index in [0.717, 1.165) is 17.9 Å². The van der Waals surface area contributed by atoms with Crippen molar-refractivity contribution in [3.05, 3.63) is 23.7 Å². The molecule has 0 aliphatic heterocycles. The number of rotatable bonds is 4. The zero-order chi connectivity index (χ0) is 9.84. The highest BCUT2D eigenvalue weighted by molar-refractivity contribution is 5.09. The first-order valence-corrected chi connectivity index (χ1v) is 4.65. The van der Waals surface area contributed by atoms with Crippen molar-refractivity contribution < 1.29 is 4.42 Å². The van der Waals surface area contributed by atoms with Crippen LogP contribution in [0.2, 0.25) is 0 Å². The topological polar surface area (TPSA) is 65.2 Å². The molecule has 74 valence electrons. The number of hydrogen-bond donors (Lipinski definition) is 2. The van der Waals surface area contributed by atoms with Gasteiger partial charge < -0.3 is 15.9 Å². The van der Waals surface area contributed by atoms with Gasteiger partial charge in [-0.1, -0.05) is 6.92 Å². The van der Waals surface area contributed by atoms with Gasteiger partial charge in [0.1, 0.15) is 11.5 Å². The van der Waals surface area contributed by atoms with Gasteiger partial charge in [0.25, 0.3) is 0 Å². The van der Waals surface area contributed by atoms with Gasteiger partial charge in [-0.05, 0) is 37.9 Å². The third kappa shape index (κ3) is 2.86. The summed E-state index contributed by atoms with van der Waals surface area (Å²) in [5.41, 5.74) is 11.5. The van der Waals surface area contributed by atoms with E-state index in [1.807, 2.05) is 19.1 Å². The normalized spacial score (nSPS) is 15.7. The Hall–Kier alpha value is -0.800. The molecule has 4 N–H and O–H groups in total. The van der Waals surface area contributed by atoms with E-state index < -0.39 is 0 Å². The first-order chi connectivity index (χ1) is 6.13. The fourth-order valence-electron chi connectivity index (χ4n) is 1.30. The van der Waals surface area contributed by atoms with Crippen LogP contribution in [-0.4, -0.2) is 6.54 Å². The molecule has 1 rings (SSSR count). The van der Waals surface area contributed by atoms with E-state index in [2.05, 4.69) is 6.92 Å². The van der Waals surface area contributed by atoms with E-state index in [4.69, 9.17) is 15.9 Å². The van der Waals surface area contributed by atoms with Gasteiger partial charge in [0, 0.05) is 0 Å². The molecule has 0 aromatic carbocycles. The van der Waals surface area contributed by atoms with Gasteiger partial charge >= 0.3 is 0 Å². The quantitative estimate of drug-likeness (QED) is 0.742. The molecule has 0 bridgehead atoms. The molecule has 0 radical (unpaired) electrons. The maximum absolute atomic E-state index is 5.94. The lowest BCUT2D eigenvalue weighted by Gasteiger charge is -2.13. The standard InChI is InChI=1S/C10H18N2O/c1-7(6-11)5-9(12)10-4-3-8(2)13-10/h3-4,7,9H,5-6,11-12H2,1-2H3. The van der Waals surface area contributed by atoms with Crippen molar-refractivity contribution in [3.63, 3.8) is 0 Å². The van der Waals surface area contributed by atoms with Gasteiger partial charge in [-0.2, -0.15) is 0 Å². The average molecular weight is 182 g/mol. The highest BCUT2D eigenvalue weighted by Gasteiger charge is 2.12. The van der Waals surface area contributed by atoms with Crippen LogP contribution in [0, 0.1) is 12.8 Å². The molecule has 3 heteroatoms. The molecule has 2 atom stereocenters. The molecular weight excluding hydrogens is 164 g/mol. The smallest absolute Gasteiger partial charge is 0.120 e. The third-order valence-electron chi connectivity index (χ3n) is 2.19. The Balaban J connectivity index is 2.53. The first-order valence-electron chi connectivity index (χ1n) is 4.65. The summed E-state index contributed by atoms with van der Waals surface area (Å²) >= 11 is 0. The molecule has 1 aromatic rings. The van der Waals surface area contributed by atoms with Gasteiger partial charge in [-0.15, -0.1) is 0 Å². The fourth-order valence-corrected chi connectivity index (χ4v) is 1.30. The summed E-state index contributed by atoms with van der Waals surface area (Å²) in [5.74, 6) is 2.21. The van der Waals surface area contributed by atoms with Crippen LogP contribution in [-0.2, 0) is 0 Å². The molecule has 0 fully saturated rings. The van der Waals surface area contributed by atoms with Crippen molar-refractivity contribution in [2.45, 2.75) is 26.3 Å². The van der Waals surface area contributed by atoms with E-state index in [1.54, 1.807) is 0 Å². The molecule has 0 amide bonds. The number of furan rings is 1. The molecule has 2 unspecified atom stereocenters. The van der Waals surface area contributed by atoms with Gasteiger partial charge in [0.2, 0.25) is 0 Å². The van der Waals surface area contributed by atoms with E-state index in [0.29, 0.717) is 12.5 Å². The van der Waals surface area contributed by atoms with Crippen LogP contribution in [0.3, 0.4) is 0 Å². The lowest BCUT2D eigenvalue weighted by Crippen LogP contribution is -2.18. The van der Waals surface area contributed by atoms with Crippen LogP contribution in [0.1, 0.15) is 30.9 Å². The summed E-state index contributed by atoms with van der Waals surface area (Å²) in [6, 6.07) is 3.85. The predicted octanol–water partition coefficient (Wildman–Crippen LogP) is 1.57. The van der Waals surface area contributed by atoms with E-state index in [-0.39, 0.29) is 6.04 Å². The molecule has 0 saturated heterocycles. The van der Waals surface area contributed by atoms with Crippen molar-refractivity contribution in [1.29, 1.82) is 0 Å². The van der Waals surface area contributed by atoms with Crippen LogP contribution < -0.4 is 11.5 Å². The zero-order valence-corrected chi connectivity index (χ0v) is 8.29. The highest BCUT2D eigenvalue weighted by atomic mass is 16.3. The van der Waals surface area contributed by atoms with Crippen LogP contribution in [0.5, 0.6) is 0 Å². The maximum Gasteiger partial charge on any atom is 0.120 e. The summed E-state index contributed by atoms with van der Waals surface area (Å²) in [4.78, 5) is 0. The number of aryl methyl sites for hydroxylation is 1. The van der Waals surface area contributed by atoms with Crippen LogP contribution >= 0.6 is 0 Å². The minimum absolute atomic E-state index is 0.0211. The molecule has 13 heavy (non-hydrogen) atoms. The van der Waals surface area contributed by atoms with Crippen LogP contribution in [0.4, 0.5) is 0 Å². The number of nitrogens with two attached hydrogens (primary N) is 2. The summed E-state index contributed by atoms with van der Waals surface area (Å²) in [5, 5.41) is 0. The van der Waals surface area contributed by atoms with Crippen molar-refractivity contribution in [3.8, 4) is 0 Å². The summed E-state index contributed by atoms with van der Waals surface area (Å²) in [6.07, 6.45) is 0.878. The molecule has 3 nitrogen and oxygen atoms in total. The highest BCUT2D eigenvalue weighted by Crippen LogP contribution is 2.20. The Morgan fingerprint density at radius 1 is 1.46 bits per heavy atom. The largest absolute Gasteiger partial charge is 0.465 e. The second-order valence-electron chi connectivity index (χ2n) is 3.63. The fraction of sp³-hybridized carbons (Fsp3) is 0.600. The van der Waals surface area contributed by atoms with E-state index in [1.165, 1.54) is 0 Å². The van der Waals surface area contributed by atoms with Gasteiger partial charge in [0.15, 0.2) is 0 Å². The molecule has 0 aliphatic carbocycles. The molecule has 1 aromatic heterocycles. The zero-order valence-electron chi connectivity index (χ0n) is 8.29. The Kier molecular flexibility index (Phi) is 3.51. The van der Waals surface area contributed by atoms with Crippen LogP contribution in [0.25, 0.3) is 0 Å². The molecule has 0 saturated carbocycles. The second-order valence-corrected chi connectivity index (χ2v) is 3.63. The Bertz CT molecular complexity index is 257. The lowest BCUT2D eigenvalue weighted by molar-refractivity contribution is 0.396. The van der Waals surface area contributed by atoms with Crippen molar-refractivity contribution in [1.82, 2.24) is 0 Å². The van der Waals surface area contributed by atoms with Gasteiger partial charge in [-0.3, -0.25) is 0 Å². The number of hydrogen-bond acceptors (Lipinski definition) is 3. The SMILES string of the molecule is Cc1ccc(C(N)CC(C)CN)o1. The van der Waals surface area contributed by atoms with Gasteiger partial charge in [0.05, 0.1) is 6.04 Å². The minimum Gasteiger partial charge on any atom is -0.465 e. The van der Waals surface area contributed by atoms with Crippen molar-refractivity contribution >= 4 is 0 Å². The first kappa shape index (κ1) is 10.3. The van der Waals surface area contributed by atoms with Crippen molar-refractivity contribution in [2.75, 3.05) is 6.54 Å². The average Bonchev–Trinajstić information content (AvgIpc) is 2.51. The molecule has 0 aliphatic rings.